The molecule has 0 nitrogen and oxygen atoms in total. The number of fused-ring (bicyclic) bond motifs is 1. The zero-order valence-electron chi connectivity index (χ0n) is 7.46. The van der Waals surface area contributed by atoms with E-state index in [0.717, 1.165) is 0 Å². The molecule has 0 N–H and O–H groups in total. The van der Waals surface area contributed by atoms with E-state index in [4.69, 9.17) is 0 Å². The maximum atomic E-state index is 2.22. The van der Waals surface area contributed by atoms with Gasteiger partial charge in [0.2, 0.25) is 0 Å². The lowest BCUT2D eigenvalue weighted by molar-refractivity contribution is 1.47. The molecule has 2 aromatic rings. The highest BCUT2D eigenvalue weighted by Crippen LogP contribution is 2.16. The normalized spacial score (nSPS) is 9.00. The molecule has 0 aliphatic rings. The van der Waals surface area contributed by atoms with Crippen molar-refractivity contribution in [2.24, 2.45) is 0 Å². The van der Waals surface area contributed by atoms with Crippen LogP contribution in [0.4, 0.5) is 0 Å². The van der Waals surface area contributed by atoms with Crippen LogP contribution in [0, 0.1) is 13.8 Å². The fraction of sp³-hybridized carbons (Fsp3) is 0.286. The summed E-state index contributed by atoms with van der Waals surface area (Å²) in [5, 5.41) is 2.67. The second kappa shape index (κ2) is 4.80. The van der Waals surface area contributed by atoms with E-state index in [1.807, 2.05) is 0 Å². The molecule has 0 unspecified atom stereocenters. The minimum Gasteiger partial charge on any atom is -0.0776 e. The van der Waals surface area contributed by atoms with Crippen molar-refractivity contribution in [3.63, 3.8) is 0 Å². The van der Waals surface area contributed by atoms with Gasteiger partial charge < -0.3 is 0 Å². The fourth-order valence-corrected chi connectivity index (χ4v) is 1.49. The van der Waals surface area contributed by atoms with E-state index >= 15 is 0 Å². The summed E-state index contributed by atoms with van der Waals surface area (Å²) >= 11 is 0. The summed E-state index contributed by atoms with van der Waals surface area (Å²) < 4.78 is 0. The van der Waals surface area contributed by atoms with Crippen molar-refractivity contribution < 1.29 is 0 Å². The molecular formula is C14H20. The summed E-state index contributed by atoms with van der Waals surface area (Å²) in [6.07, 6.45) is 0. The highest BCUT2D eigenvalue weighted by molar-refractivity contribution is 5.83. The maximum Gasteiger partial charge on any atom is -0.0179 e. The predicted octanol–water partition coefficient (Wildman–Crippen LogP) is 4.73. The van der Waals surface area contributed by atoms with Crippen molar-refractivity contribution in [1.82, 2.24) is 0 Å². The van der Waals surface area contributed by atoms with E-state index in [9.17, 15) is 0 Å². The number of benzene rings is 2. The van der Waals surface area contributed by atoms with Gasteiger partial charge in [0.25, 0.3) is 0 Å². The molecule has 0 radical (unpaired) electrons. The summed E-state index contributed by atoms with van der Waals surface area (Å²) in [7, 11) is 0. The fourth-order valence-electron chi connectivity index (χ4n) is 1.49. The topological polar surface area (TPSA) is 0 Å². The zero-order valence-corrected chi connectivity index (χ0v) is 7.46. The average Bonchev–Trinajstić information content (AvgIpc) is 2.03. The molecule has 0 aliphatic heterocycles. The molecule has 0 heteroatoms. The van der Waals surface area contributed by atoms with Gasteiger partial charge in [-0.15, -0.1) is 0 Å². The molecule has 14 heavy (non-hydrogen) atoms. The summed E-state index contributed by atoms with van der Waals surface area (Å²) in [5.74, 6) is 0. The van der Waals surface area contributed by atoms with Crippen LogP contribution >= 0.6 is 0 Å². The smallest absolute Gasteiger partial charge is 0.0179 e. The van der Waals surface area contributed by atoms with Crippen molar-refractivity contribution in [1.29, 1.82) is 0 Å². The largest absolute Gasteiger partial charge is 0.0776 e. The van der Waals surface area contributed by atoms with Crippen molar-refractivity contribution >= 4 is 10.8 Å². The lowest BCUT2D eigenvalue weighted by Crippen LogP contribution is -1.76. The minimum absolute atomic E-state index is 0. The molecule has 2 rings (SSSR count). The van der Waals surface area contributed by atoms with Crippen LogP contribution < -0.4 is 0 Å². The van der Waals surface area contributed by atoms with Crippen LogP contribution in [0.2, 0.25) is 0 Å². The molecule has 0 saturated heterocycles. The van der Waals surface area contributed by atoms with Gasteiger partial charge in [-0.05, 0) is 24.6 Å². The molecule has 0 spiro atoms. The highest BCUT2D eigenvalue weighted by Gasteiger charge is 1.92. The molecule has 0 atom stereocenters. The van der Waals surface area contributed by atoms with Gasteiger partial charge in [-0.2, -0.15) is 0 Å². The van der Waals surface area contributed by atoms with Crippen LogP contribution in [-0.2, 0) is 0 Å². The average molecular weight is 188 g/mol. The first-order valence-corrected chi connectivity index (χ1v) is 4.23. The SMILES string of the molecule is C.C.Cc1ccc2ccc(C)cc2c1. The van der Waals surface area contributed by atoms with Gasteiger partial charge in [-0.25, -0.2) is 0 Å². The standard InChI is InChI=1S/C12H12.2CH4/c1-9-3-5-11-6-4-10(2)8-12(11)7-9;;/h3-8H,1-2H3;2*1H4. The van der Waals surface area contributed by atoms with E-state index in [-0.39, 0.29) is 14.9 Å². The van der Waals surface area contributed by atoms with Crippen LogP contribution in [0.5, 0.6) is 0 Å². The molecule has 0 saturated carbocycles. The Hall–Kier alpha value is -1.30. The van der Waals surface area contributed by atoms with Gasteiger partial charge in [0, 0.05) is 0 Å². The van der Waals surface area contributed by atoms with E-state index in [1.54, 1.807) is 0 Å². The molecule has 0 bridgehead atoms. The summed E-state index contributed by atoms with van der Waals surface area (Å²) in [6, 6.07) is 13.1. The van der Waals surface area contributed by atoms with E-state index < -0.39 is 0 Å². The predicted molar refractivity (Wildman–Crippen MR) is 66.9 cm³/mol. The van der Waals surface area contributed by atoms with Gasteiger partial charge in [0.05, 0.1) is 0 Å². The maximum absolute atomic E-state index is 2.22. The molecule has 0 aromatic heterocycles. The summed E-state index contributed by atoms with van der Waals surface area (Å²) in [6.45, 7) is 4.25. The first kappa shape index (κ1) is 12.7. The molecule has 0 heterocycles. The molecule has 76 valence electrons. The van der Waals surface area contributed by atoms with Gasteiger partial charge in [0.15, 0.2) is 0 Å². The lowest BCUT2D eigenvalue weighted by Gasteiger charge is -1.99. The van der Waals surface area contributed by atoms with Crippen LogP contribution in [0.15, 0.2) is 36.4 Å². The van der Waals surface area contributed by atoms with Gasteiger partial charge >= 0.3 is 0 Å². The third-order valence-electron chi connectivity index (χ3n) is 2.15. The van der Waals surface area contributed by atoms with Crippen molar-refractivity contribution in [3.05, 3.63) is 47.5 Å². The Kier molecular flexibility index (Phi) is 4.36. The Bertz CT molecular complexity index is 377. The van der Waals surface area contributed by atoms with E-state index in [2.05, 4.69) is 50.2 Å². The first-order valence-electron chi connectivity index (χ1n) is 4.23. The second-order valence-electron chi connectivity index (χ2n) is 3.35. The van der Waals surface area contributed by atoms with Crippen LogP contribution in [0.1, 0.15) is 26.0 Å². The van der Waals surface area contributed by atoms with Crippen LogP contribution in [0.25, 0.3) is 10.8 Å². The molecular weight excluding hydrogens is 168 g/mol. The summed E-state index contributed by atoms with van der Waals surface area (Å²) in [5.41, 5.74) is 2.65. The van der Waals surface area contributed by atoms with Crippen molar-refractivity contribution in [2.45, 2.75) is 28.7 Å². The molecule has 0 aliphatic carbocycles. The zero-order chi connectivity index (χ0) is 8.55. The van der Waals surface area contributed by atoms with Crippen molar-refractivity contribution in [2.75, 3.05) is 0 Å². The molecule has 0 fully saturated rings. The number of rotatable bonds is 0. The van der Waals surface area contributed by atoms with Crippen LogP contribution in [-0.4, -0.2) is 0 Å². The van der Waals surface area contributed by atoms with Gasteiger partial charge in [0.1, 0.15) is 0 Å². The Morgan fingerprint density at radius 3 is 1.50 bits per heavy atom. The minimum atomic E-state index is 0. The first-order chi connectivity index (χ1) is 5.75. The van der Waals surface area contributed by atoms with E-state index in [0.29, 0.717) is 0 Å². The molecule has 2 aromatic carbocycles. The lowest BCUT2D eigenvalue weighted by atomic mass is 10.1. The summed E-state index contributed by atoms with van der Waals surface area (Å²) in [4.78, 5) is 0. The number of hydrogen-bond donors (Lipinski definition) is 0. The van der Waals surface area contributed by atoms with E-state index in [1.165, 1.54) is 21.9 Å². The monoisotopic (exact) mass is 188 g/mol. The Labute approximate surface area is 87.6 Å². The Balaban J connectivity index is 0.000000845. The molecule has 0 amide bonds. The van der Waals surface area contributed by atoms with Gasteiger partial charge in [-0.3, -0.25) is 0 Å². The number of aryl methyl sites for hydroxylation is 2. The second-order valence-corrected chi connectivity index (χ2v) is 3.35. The third-order valence-corrected chi connectivity index (χ3v) is 2.15. The number of hydrogen-bond acceptors (Lipinski definition) is 0. The highest BCUT2D eigenvalue weighted by atomic mass is 14.0. The Morgan fingerprint density at radius 1 is 0.643 bits per heavy atom. The quantitative estimate of drug-likeness (QED) is 0.560. The third kappa shape index (κ3) is 2.35. The van der Waals surface area contributed by atoms with Gasteiger partial charge in [-0.1, -0.05) is 62.4 Å². The van der Waals surface area contributed by atoms with Crippen LogP contribution in [0.3, 0.4) is 0 Å². The van der Waals surface area contributed by atoms with Crippen molar-refractivity contribution in [3.8, 4) is 0 Å². The Morgan fingerprint density at radius 2 is 1.07 bits per heavy atom.